The van der Waals surface area contributed by atoms with Crippen LogP contribution in [0.15, 0.2) is 251 Å². The molecule has 1 aliphatic carbocycles. The smallest absolute Gasteiger partial charge is 0.159 e. The van der Waals surface area contributed by atoms with Gasteiger partial charge in [-0.15, -0.1) is 0 Å². The Morgan fingerprint density at radius 1 is 0.325 bits per heavy atom. The summed E-state index contributed by atoms with van der Waals surface area (Å²) in [5.74, 6) is 0. The van der Waals surface area contributed by atoms with Crippen molar-refractivity contribution in [1.82, 2.24) is 0 Å². The lowest BCUT2D eigenvalue weighted by molar-refractivity contribution is 0.660. The molecule has 4 nitrogen and oxygen atoms in total. The zero-order chi connectivity index (χ0) is 56.1. The summed E-state index contributed by atoms with van der Waals surface area (Å²) in [5.41, 5.74) is 26.8. The number of nitrogens with zero attached hydrogens (tertiary/aromatic N) is 2. The fourth-order valence-corrected chi connectivity index (χ4v) is 13.6. The molecule has 0 radical (unpaired) electrons. The van der Waals surface area contributed by atoms with E-state index in [1.54, 1.807) is 0 Å². The summed E-state index contributed by atoms with van der Waals surface area (Å²) in [6, 6.07) is 89.0. The molecule has 0 unspecified atom stereocenters. The Kier molecular flexibility index (Phi) is 11.9. The molecule has 0 N–H and O–H groups in total. The zero-order valence-corrected chi connectivity index (χ0v) is 47.7. The van der Waals surface area contributed by atoms with Gasteiger partial charge in [-0.05, 0) is 148 Å². The highest BCUT2D eigenvalue weighted by Crippen LogP contribution is 2.55. The van der Waals surface area contributed by atoms with Crippen molar-refractivity contribution in [3.63, 3.8) is 0 Å². The normalized spacial score (nSPS) is 12.7. The Balaban J connectivity index is 0.877. The van der Waals surface area contributed by atoms with E-state index in [1.165, 1.54) is 66.4 Å². The third-order valence-corrected chi connectivity index (χ3v) is 17.8. The topological polar surface area (TPSA) is 32.8 Å². The van der Waals surface area contributed by atoms with Gasteiger partial charge in [-0.2, -0.15) is 0 Å². The standard InChI is InChI=1S/C79H62N2O2/c1-7-51-24-15-31-66-71(81(56-40-36-50(4)37-41-56)73-33-19-30-65-63-28-17-26-59(76(63)83-78(65)73)54-22-13-10-14-23-54)45-44-61(74(51)66)67-48-70-68(46-52(67)8-2)60-43-42-57(47-69(60)79(70,5)6)80(55-38-34-49(3)35-39-55)72-32-18-29-64-62-27-16-25-58(75(62)82-77(64)72)53-20-11-9-12-21-53/h9-48H,7-8H2,1-6H3. The molecule has 400 valence electrons. The second-order valence-corrected chi connectivity index (χ2v) is 23.0. The van der Waals surface area contributed by atoms with E-state index in [0.29, 0.717) is 0 Å². The van der Waals surface area contributed by atoms with Crippen molar-refractivity contribution in [1.29, 1.82) is 0 Å². The molecule has 0 spiro atoms. The summed E-state index contributed by atoms with van der Waals surface area (Å²) in [6.07, 6.45) is 1.77. The number of hydrogen-bond acceptors (Lipinski definition) is 4. The van der Waals surface area contributed by atoms with E-state index in [4.69, 9.17) is 8.83 Å². The molecule has 0 amide bonds. The van der Waals surface area contributed by atoms with Crippen molar-refractivity contribution < 1.29 is 8.83 Å². The molecular weight excluding hydrogens is 1010 g/mol. The summed E-state index contributed by atoms with van der Waals surface area (Å²) in [5, 5.41) is 6.87. The molecular formula is C79H62N2O2. The predicted molar refractivity (Wildman–Crippen MR) is 350 cm³/mol. The molecule has 0 saturated carbocycles. The average Bonchev–Trinajstić information content (AvgIpc) is 2.51. The second kappa shape index (κ2) is 19.7. The molecule has 14 aromatic rings. The summed E-state index contributed by atoms with van der Waals surface area (Å²) >= 11 is 0. The highest BCUT2D eigenvalue weighted by Gasteiger charge is 2.38. The van der Waals surface area contributed by atoms with E-state index in [9.17, 15) is 0 Å². The summed E-state index contributed by atoms with van der Waals surface area (Å²) in [6.45, 7) is 13.7. The van der Waals surface area contributed by atoms with E-state index < -0.39 is 0 Å². The average molecular weight is 1070 g/mol. The van der Waals surface area contributed by atoms with Gasteiger partial charge in [-0.1, -0.05) is 221 Å². The molecule has 0 bridgehead atoms. The number of rotatable bonds is 11. The molecule has 15 rings (SSSR count). The van der Waals surface area contributed by atoms with Crippen molar-refractivity contribution in [3.05, 3.63) is 276 Å². The van der Waals surface area contributed by atoms with Gasteiger partial charge in [0.1, 0.15) is 11.2 Å². The zero-order valence-electron chi connectivity index (χ0n) is 47.7. The highest BCUT2D eigenvalue weighted by atomic mass is 16.3. The monoisotopic (exact) mass is 1070 g/mol. The van der Waals surface area contributed by atoms with Crippen LogP contribution in [-0.4, -0.2) is 0 Å². The van der Waals surface area contributed by atoms with Crippen LogP contribution in [0, 0.1) is 13.8 Å². The van der Waals surface area contributed by atoms with E-state index in [2.05, 4.69) is 294 Å². The van der Waals surface area contributed by atoms with Crippen LogP contribution in [0.5, 0.6) is 0 Å². The van der Waals surface area contributed by atoms with Gasteiger partial charge in [-0.3, -0.25) is 0 Å². The van der Waals surface area contributed by atoms with Gasteiger partial charge in [0.2, 0.25) is 0 Å². The molecule has 2 aromatic heterocycles. The highest BCUT2D eigenvalue weighted by molar-refractivity contribution is 6.16. The first-order chi connectivity index (χ1) is 40.7. The molecule has 0 atom stereocenters. The molecule has 1 aliphatic rings. The number of para-hydroxylation sites is 4. The molecule has 0 fully saturated rings. The number of fused-ring (bicyclic) bond motifs is 10. The third kappa shape index (κ3) is 8.03. The number of furan rings is 2. The largest absolute Gasteiger partial charge is 0.453 e. The Morgan fingerprint density at radius 3 is 1.36 bits per heavy atom. The lowest BCUT2D eigenvalue weighted by atomic mass is 9.80. The van der Waals surface area contributed by atoms with Crippen LogP contribution in [0.3, 0.4) is 0 Å². The van der Waals surface area contributed by atoms with Crippen molar-refractivity contribution in [2.75, 3.05) is 9.80 Å². The predicted octanol–water partition coefficient (Wildman–Crippen LogP) is 22.6. The van der Waals surface area contributed by atoms with E-state index in [0.717, 1.165) is 113 Å². The Morgan fingerprint density at radius 2 is 0.795 bits per heavy atom. The van der Waals surface area contributed by atoms with Crippen molar-refractivity contribution >= 4 is 88.8 Å². The Labute approximate surface area is 485 Å². The lowest BCUT2D eigenvalue weighted by Gasteiger charge is -2.29. The number of anilines is 6. The van der Waals surface area contributed by atoms with Crippen LogP contribution in [-0.2, 0) is 18.3 Å². The Bertz CT molecular complexity index is 4850. The van der Waals surface area contributed by atoms with Gasteiger partial charge in [0.25, 0.3) is 0 Å². The van der Waals surface area contributed by atoms with Gasteiger partial charge in [0.05, 0.1) is 17.1 Å². The third-order valence-electron chi connectivity index (χ3n) is 17.8. The first-order valence-electron chi connectivity index (χ1n) is 29.3. The van der Waals surface area contributed by atoms with Gasteiger partial charge in [0, 0.05) is 60.5 Å². The number of benzene rings is 12. The fourth-order valence-electron chi connectivity index (χ4n) is 13.6. The van der Waals surface area contributed by atoms with Crippen LogP contribution in [0.2, 0.25) is 0 Å². The molecule has 4 heteroatoms. The fraction of sp³-hybridized carbons (Fsp3) is 0.114. The van der Waals surface area contributed by atoms with Crippen molar-refractivity contribution in [2.24, 2.45) is 0 Å². The van der Waals surface area contributed by atoms with Gasteiger partial charge >= 0.3 is 0 Å². The van der Waals surface area contributed by atoms with Crippen LogP contribution in [0.4, 0.5) is 34.1 Å². The van der Waals surface area contributed by atoms with E-state index in [-0.39, 0.29) is 5.41 Å². The molecule has 12 aromatic carbocycles. The van der Waals surface area contributed by atoms with Crippen molar-refractivity contribution in [2.45, 2.75) is 59.8 Å². The molecule has 2 heterocycles. The van der Waals surface area contributed by atoms with Crippen LogP contribution in [0.25, 0.3) is 99.2 Å². The van der Waals surface area contributed by atoms with Crippen LogP contribution in [0.1, 0.15) is 61.1 Å². The van der Waals surface area contributed by atoms with Gasteiger partial charge in [-0.25, -0.2) is 0 Å². The number of hydrogen-bond donors (Lipinski definition) is 0. The minimum Gasteiger partial charge on any atom is -0.453 e. The minimum absolute atomic E-state index is 0.326. The van der Waals surface area contributed by atoms with Crippen LogP contribution < -0.4 is 9.80 Å². The van der Waals surface area contributed by atoms with Gasteiger partial charge < -0.3 is 18.6 Å². The molecule has 0 saturated heterocycles. The van der Waals surface area contributed by atoms with E-state index >= 15 is 0 Å². The SMILES string of the molecule is CCc1cc2c(cc1-c1ccc(N(c3ccc(C)cc3)c3cccc4c3oc3c(-c5ccccc5)cccc34)c3cccc(CC)c13)C(C)(C)c1cc(N(c3ccc(C)cc3)c3cccc4c3oc3c(-c5ccccc5)cccc34)ccc1-2. The molecule has 83 heavy (non-hydrogen) atoms. The number of aryl methyl sites for hydroxylation is 4. The maximum absolute atomic E-state index is 7.15. The minimum atomic E-state index is -0.326. The van der Waals surface area contributed by atoms with E-state index in [1.807, 2.05) is 0 Å². The van der Waals surface area contributed by atoms with Crippen molar-refractivity contribution in [3.8, 4) is 44.5 Å². The van der Waals surface area contributed by atoms with Gasteiger partial charge in [0.15, 0.2) is 11.2 Å². The Hall–Kier alpha value is -9.90. The maximum Gasteiger partial charge on any atom is 0.159 e. The first kappa shape index (κ1) is 50.1. The quantitative estimate of drug-likeness (QED) is 0.129. The summed E-state index contributed by atoms with van der Waals surface area (Å²) < 4.78 is 14.2. The maximum atomic E-state index is 7.15. The first-order valence-corrected chi connectivity index (χ1v) is 29.3. The van der Waals surface area contributed by atoms with Crippen LogP contribution >= 0.6 is 0 Å². The molecule has 0 aliphatic heterocycles. The lowest BCUT2D eigenvalue weighted by Crippen LogP contribution is -2.17. The summed E-state index contributed by atoms with van der Waals surface area (Å²) in [4.78, 5) is 4.82. The second-order valence-electron chi connectivity index (χ2n) is 23.0. The summed E-state index contributed by atoms with van der Waals surface area (Å²) in [7, 11) is 0.